The molecule has 4 rings (SSSR count). The molecule has 0 saturated heterocycles. The summed E-state index contributed by atoms with van der Waals surface area (Å²) >= 11 is 7.83. The zero-order valence-electron chi connectivity index (χ0n) is 14.3. The molecular formula is C21H20ClNOS. The van der Waals surface area contributed by atoms with Gasteiger partial charge in [-0.05, 0) is 35.2 Å². The van der Waals surface area contributed by atoms with E-state index in [-0.39, 0.29) is 16.6 Å². The molecular weight excluding hydrogens is 350 g/mol. The van der Waals surface area contributed by atoms with Gasteiger partial charge in [0.05, 0.1) is 11.6 Å². The van der Waals surface area contributed by atoms with Gasteiger partial charge in [0, 0.05) is 27.3 Å². The molecule has 0 radical (unpaired) electrons. The van der Waals surface area contributed by atoms with Crippen LogP contribution in [0.1, 0.15) is 31.1 Å². The summed E-state index contributed by atoms with van der Waals surface area (Å²) in [6.07, 6.45) is 2.81. The molecule has 1 heterocycles. The Balaban J connectivity index is 1.87. The number of ketones is 1. The molecule has 0 saturated carbocycles. The molecule has 1 aliphatic heterocycles. The van der Waals surface area contributed by atoms with E-state index in [1.165, 1.54) is 4.90 Å². The number of anilines is 1. The standard InChI is InChI=1S/C21H20ClNOS/c1-21(2)11-16-19(17(24)12-21)20(13-7-9-14(22)10-8-13)25-18-6-4-3-5-15(18)23-16/h3-11,19-20,23H,12H2,1-2H3/t19-,20-/m1/s1. The number of thioether (sulfide) groups is 1. The van der Waals surface area contributed by atoms with Crippen molar-refractivity contribution in [1.82, 2.24) is 0 Å². The van der Waals surface area contributed by atoms with Gasteiger partial charge in [0.1, 0.15) is 5.78 Å². The van der Waals surface area contributed by atoms with Crippen molar-refractivity contribution in [3.05, 3.63) is 70.9 Å². The van der Waals surface area contributed by atoms with Crippen LogP contribution in [0.3, 0.4) is 0 Å². The number of allylic oxidation sites excluding steroid dienone is 2. The first-order valence-electron chi connectivity index (χ1n) is 8.47. The third-order valence-electron chi connectivity index (χ3n) is 4.78. The van der Waals surface area contributed by atoms with Gasteiger partial charge in [-0.2, -0.15) is 0 Å². The zero-order valence-corrected chi connectivity index (χ0v) is 15.8. The zero-order chi connectivity index (χ0) is 17.6. The number of hydrogen-bond donors (Lipinski definition) is 1. The highest BCUT2D eigenvalue weighted by Crippen LogP contribution is 2.52. The maximum Gasteiger partial charge on any atom is 0.144 e. The maximum atomic E-state index is 13.1. The van der Waals surface area contributed by atoms with Gasteiger partial charge in [-0.15, -0.1) is 11.8 Å². The van der Waals surface area contributed by atoms with E-state index in [4.69, 9.17) is 11.6 Å². The highest BCUT2D eigenvalue weighted by Gasteiger charge is 2.41. The topological polar surface area (TPSA) is 29.1 Å². The van der Waals surface area contributed by atoms with Crippen LogP contribution in [-0.4, -0.2) is 5.78 Å². The van der Waals surface area contributed by atoms with Gasteiger partial charge in [-0.3, -0.25) is 4.79 Å². The summed E-state index contributed by atoms with van der Waals surface area (Å²) in [4.78, 5) is 14.2. The molecule has 0 spiro atoms. The van der Waals surface area contributed by atoms with Crippen molar-refractivity contribution in [3.63, 3.8) is 0 Å². The van der Waals surface area contributed by atoms with E-state index in [9.17, 15) is 4.79 Å². The van der Waals surface area contributed by atoms with Gasteiger partial charge in [-0.1, -0.05) is 55.8 Å². The van der Waals surface area contributed by atoms with Crippen molar-refractivity contribution in [3.8, 4) is 0 Å². The maximum absolute atomic E-state index is 13.1. The number of carbonyl (C=O) groups excluding carboxylic acids is 1. The van der Waals surface area contributed by atoms with Crippen molar-refractivity contribution in [2.75, 3.05) is 5.32 Å². The number of carbonyl (C=O) groups is 1. The minimum atomic E-state index is -0.161. The molecule has 1 aliphatic carbocycles. The summed E-state index contributed by atoms with van der Waals surface area (Å²) in [5.74, 6) is 0.141. The molecule has 0 amide bonds. The van der Waals surface area contributed by atoms with Crippen LogP contribution in [-0.2, 0) is 4.79 Å². The van der Waals surface area contributed by atoms with E-state index in [1.807, 2.05) is 36.4 Å². The first-order chi connectivity index (χ1) is 11.9. The van der Waals surface area contributed by atoms with Crippen LogP contribution in [0.5, 0.6) is 0 Å². The van der Waals surface area contributed by atoms with Crippen molar-refractivity contribution < 1.29 is 4.79 Å². The first kappa shape index (κ1) is 16.7. The van der Waals surface area contributed by atoms with E-state index in [0.29, 0.717) is 17.2 Å². The van der Waals surface area contributed by atoms with Crippen LogP contribution in [0.15, 0.2) is 65.2 Å². The molecule has 2 aromatic carbocycles. The number of hydrogen-bond acceptors (Lipinski definition) is 3. The molecule has 0 unspecified atom stereocenters. The fourth-order valence-corrected chi connectivity index (χ4v) is 5.22. The van der Waals surface area contributed by atoms with Gasteiger partial charge < -0.3 is 5.32 Å². The summed E-state index contributed by atoms with van der Waals surface area (Å²) in [5.41, 5.74) is 3.12. The Hall–Kier alpha value is -1.71. The van der Waals surface area contributed by atoms with Crippen molar-refractivity contribution in [2.45, 2.75) is 30.4 Å². The number of benzene rings is 2. The fraction of sp³-hybridized carbons (Fsp3) is 0.286. The summed E-state index contributed by atoms with van der Waals surface area (Å²) in [6.45, 7) is 4.24. The summed E-state index contributed by atoms with van der Waals surface area (Å²) in [7, 11) is 0. The van der Waals surface area contributed by atoms with Crippen LogP contribution < -0.4 is 5.32 Å². The van der Waals surface area contributed by atoms with Crippen molar-refractivity contribution in [2.24, 2.45) is 11.3 Å². The molecule has 0 fully saturated rings. The SMILES string of the molecule is CC1(C)C=C2Nc3ccccc3S[C@H](c3ccc(Cl)cc3)[C@H]2C(=O)C1. The lowest BCUT2D eigenvalue weighted by atomic mass is 9.74. The Morgan fingerprint density at radius 2 is 1.84 bits per heavy atom. The van der Waals surface area contributed by atoms with Crippen LogP contribution in [0.4, 0.5) is 5.69 Å². The highest BCUT2D eigenvalue weighted by atomic mass is 35.5. The van der Waals surface area contributed by atoms with Gasteiger partial charge in [0.25, 0.3) is 0 Å². The normalized spacial score (nSPS) is 24.4. The second-order valence-corrected chi connectivity index (χ2v) is 9.04. The average Bonchev–Trinajstić information content (AvgIpc) is 2.70. The summed E-state index contributed by atoms with van der Waals surface area (Å²) in [6, 6.07) is 16.2. The minimum Gasteiger partial charge on any atom is -0.358 e. The predicted molar refractivity (Wildman–Crippen MR) is 105 cm³/mol. The van der Waals surface area contributed by atoms with E-state index in [1.54, 1.807) is 11.8 Å². The number of para-hydroxylation sites is 1. The van der Waals surface area contributed by atoms with Gasteiger partial charge in [0.15, 0.2) is 0 Å². The number of Topliss-reactive ketones (excluding diaryl/α,β-unsaturated/α-hetero) is 1. The number of rotatable bonds is 1. The lowest BCUT2D eigenvalue weighted by molar-refractivity contribution is -0.123. The molecule has 2 aliphatic rings. The number of fused-ring (bicyclic) bond motifs is 2. The second kappa shape index (κ2) is 6.22. The monoisotopic (exact) mass is 369 g/mol. The molecule has 1 N–H and O–H groups in total. The first-order valence-corrected chi connectivity index (χ1v) is 9.72. The lowest BCUT2D eigenvalue weighted by Crippen LogP contribution is -2.34. The predicted octanol–water partition coefficient (Wildman–Crippen LogP) is 6.10. The van der Waals surface area contributed by atoms with Crippen molar-refractivity contribution in [1.29, 1.82) is 0 Å². The number of halogens is 1. The average molecular weight is 370 g/mol. The van der Waals surface area contributed by atoms with Gasteiger partial charge in [-0.25, -0.2) is 0 Å². The Bertz CT molecular complexity index is 856. The third kappa shape index (κ3) is 3.23. The molecule has 2 aromatic rings. The van der Waals surface area contributed by atoms with Crippen LogP contribution in [0.2, 0.25) is 5.02 Å². The van der Waals surface area contributed by atoms with E-state index < -0.39 is 0 Å². The highest BCUT2D eigenvalue weighted by molar-refractivity contribution is 7.99. The smallest absolute Gasteiger partial charge is 0.144 e. The number of nitrogens with one attached hydrogen (secondary N) is 1. The van der Waals surface area contributed by atoms with E-state index in [0.717, 1.165) is 16.9 Å². The Labute approximate surface area is 157 Å². The fourth-order valence-electron chi connectivity index (χ4n) is 3.69. The second-order valence-electron chi connectivity index (χ2n) is 7.42. The minimum absolute atomic E-state index is 0.0447. The van der Waals surface area contributed by atoms with Crippen molar-refractivity contribution >= 4 is 34.8 Å². The largest absolute Gasteiger partial charge is 0.358 e. The van der Waals surface area contributed by atoms with Crippen LogP contribution in [0.25, 0.3) is 0 Å². The Morgan fingerprint density at radius 1 is 1.12 bits per heavy atom. The quantitative estimate of drug-likeness (QED) is 0.658. The Morgan fingerprint density at radius 3 is 2.60 bits per heavy atom. The summed E-state index contributed by atoms with van der Waals surface area (Å²) in [5, 5.41) is 4.31. The van der Waals surface area contributed by atoms with Crippen LogP contribution >= 0.6 is 23.4 Å². The lowest BCUT2D eigenvalue weighted by Gasteiger charge is -2.35. The Kier molecular flexibility index (Phi) is 4.17. The third-order valence-corrected chi connectivity index (χ3v) is 6.44. The molecule has 2 nitrogen and oxygen atoms in total. The van der Waals surface area contributed by atoms with E-state index in [2.05, 4.69) is 37.4 Å². The molecule has 128 valence electrons. The van der Waals surface area contributed by atoms with Gasteiger partial charge >= 0.3 is 0 Å². The van der Waals surface area contributed by atoms with E-state index >= 15 is 0 Å². The molecule has 0 bridgehead atoms. The summed E-state index contributed by atoms with van der Waals surface area (Å²) < 4.78 is 0. The molecule has 2 atom stereocenters. The molecule has 4 heteroatoms. The molecule has 25 heavy (non-hydrogen) atoms. The van der Waals surface area contributed by atoms with Gasteiger partial charge in [0.2, 0.25) is 0 Å². The van der Waals surface area contributed by atoms with Crippen LogP contribution in [0, 0.1) is 11.3 Å². The molecule has 0 aromatic heterocycles.